The minimum atomic E-state index is -0.975. The number of thiophene rings is 1. The molecule has 0 fully saturated rings. The number of nitrogens with zero attached hydrogens (tertiary/aromatic N) is 1. The monoisotopic (exact) mass is 374 g/mol. The SMILES string of the molecule is Cc1ccc(/C=C/C(=O)OC(C)C(=O)Nc2ccc(C#N)c(Cl)c2)s1. The van der Waals surface area contributed by atoms with E-state index in [0.29, 0.717) is 11.3 Å². The van der Waals surface area contributed by atoms with Crippen molar-refractivity contribution in [3.05, 3.63) is 56.7 Å². The second-order valence-corrected chi connectivity index (χ2v) is 6.88. The van der Waals surface area contributed by atoms with Crippen LogP contribution in [-0.4, -0.2) is 18.0 Å². The van der Waals surface area contributed by atoms with Crippen molar-refractivity contribution in [1.29, 1.82) is 5.26 Å². The fourth-order valence-corrected chi connectivity index (χ4v) is 2.89. The van der Waals surface area contributed by atoms with Crippen LogP contribution in [0.2, 0.25) is 5.02 Å². The molecule has 5 nitrogen and oxygen atoms in total. The lowest BCUT2D eigenvalue weighted by Crippen LogP contribution is -2.29. The van der Waals surface area contributed by atoms with Crippen LogP contribution < -0.4 is 5.32 Å². The van der Waals surface area contributed by atoms with Crippen molar-refractivity contribution in [3.63, 3.8) is 0 Å². The van der Waals surface area contributed by atoms with Crippen LogP contribution in [0.3, 0.4) is 0 Å². The minimum Gasteiger partial charge on any atom is -0.449 e. The lowest BCUT2D eigenvalue weighted by molar-refractivity contribution is -0.148. The van der Waals surface area contributed by atoms with Crippen molar-refractivity contribution in [2.75, 3.05) is 5.32 Å². The van der Waals surface area contributed by atoms with Gasteiger partial charge in [0.05, 0.1) is 10.6 Å². The van der Waals surface area contributed by atoms with Gasteiger partial charge in [-0.3, -0.25) is 4.79 Å². The Morgan fingerprint density at radius 2 is 2.12 bits per heavy atom. The zero-order chi connectivity index (χ0) is 18.4. The third kappa shape index (κ3) is 5.45. The molecule has 0 spiro atoms. The van der Waals surface area contributed by atoms with Crippen LogP contribution in [0.4, 0.5) is 5.69 Å². The highest BCUT2D eigenvalue weighted by Gasteiger charge is 2.17. The first-order chi connectivity index (χ1) is 11.9. The van der Waals surface area contributed by atoms with Gasteiger partial charge in [-0.25, -0.2) is 4.79 Å². The van der Waals surface area contributed by atoms with E-state index in [1.807, 2.05) is 25.1 Å². The Labute approximate surface area is 154 Å². The molecule has 0 aliphatic heterocycles. The van der Waals surface area contributed by atoms with Gasteiger partial charge in [0.25, 0.3) is 5.91 Å². The third-order valence-corrected chi connectivity index (χ3v) is 4.44. The van der Waals surface area contributed by atoms with Gasteiger partial charge in [-0.1, -0.05) is 11.6 Å². The molecule has 1 amide bonds. The van der Waals surface area contributed by atoms with E-state index in [1.54, 1.807) is 23.5 Å². The lowest BCUT2D eigenvalue weighted by Gasteiger charge is -2.12. The summed E-state index contributed by atoms with van der Waals surface area (Å²) in [5.74, 6) is -1.10. The highest BCUT2D eigenvalue weighted by atomic mass is 35.5. The average Bonchev–Trinajstić information content (AvgIpc) is 2.98. The van der Waals surface area contributed by atoms with Gasteiger partial charge in [-0.15, -0.1) is 11.3 Å². The van der Waals surface area contributed by atoms with Gasteiger partial charge in [-0.05, 0) is 50.3 Å². The second kappa shape index (κ2) is 8.47. The molecule has 0 saturated heterocycles. The maximum absolute atomic E-state index is 12.1. The van der Waals surface area contributed by atoms with Crippen molar-refractivity contribution >= 4 is 46.6 Å². The van der Waals surface area contributed by atoms with Crippen LogP contribution in [0.25, 0.3) is 6.08 Å². The zero-order valence-electron chi connectivity index (χ0n) is 13.6. The summed E-state index contributed by atoms with van der Waals surface area (Å²) < 4.78 is 5.07. The van der Waals surface area contributed by atoms with Crippen LogP contribution >= 0.6 is 22.9 Å². The van der Waals surface area contributed by atoms with E-state index in [-0.39, 0.29) is 5.02 Å². The number of ether oxygens (including phenoxy) is 1. The number of benzene rings is 1. The standard InChI is InChI=1S/C18H15ClN2O3S/c1-11-3-6-15(25-11)7-8-17(22)24-12(2)18(23)21-14-5-4-13(10-20)16(19)9-14/h3-9,12H,1-2H3,(H,21,23)/b8-7+. The molecule has 1 aromatic carbocycles. The van der Waals surface area contributed by atoms with Gasteiger partial charge < -0.3 is 10.1 Å². The minimum absolute atomic E-state index is 0.235. The Morgan fingerprint density at radius 3 is 2.72 bits per heavy atom. The smallest absolute Gasteiger partial charge is 0.331 e. The molecule has 1 unspecified atom stereocenters. The normalized spacial score (nSPS) is 11.8. The molecule has 0 saturated carbocycles. The van der Waals surface area contributed by atoms with E-state index < -0.39 is 18.0 Å². The molecule has 1 atom stereocenters. The van der Waals surface area contributed by atoms with Gasteiger partial charge in [0, 0.05) is 21.5 Å². The molecule has 1 N–H and O–H groups in total. The number of amides is 1. The van der Waals surface area contributed by atoms with Crippen molar-refractivity contribution in [1.82, 2.24) is 0 Å². The summed E-state index contributed by atoms with van der Waals surface area (Å²) in [4.78, 5) is 25.9. The summed E-state index contributed by atoms with van der Waals surface area (Å²) in [6, 6.07) is 10.3. The van der Waals surface area contributed by atoms with E-state index in [4.69, 9.17) is 21.6 Å². The number of carbonyl (C=O) groups is 2. The zero-order valence-corrected chi connectivity index (χ0v) is 15.1. The predicted octanol–water partition coefficient (Wildman–Crippen LogP) is 4.17. The van der Waals surface area contributed by atoms with Gasteiger partial charge >= 0.3 is 5.97 Å². The topological polar surface area (TPSA) is 79.2 Å². The van der Waals surface area contributed by atoms with Crippen molar-refractivity contribution < 1.29 is 14.3 Å². The molecule has 1 aromatic heterocycles. The Hall–Kier alpha value is -2.62. The molecular formula is C18H15ClN2O3S. The summed E-state index contributed by atoms with van der Waals surface area (Å²) in [5, 5.41) is 11.6. The van der Waals surface area contributed by atoms with Gasteiger partial charge in [0.15, 0.2) is 6.10 Å². The van der Waals surface area contributed by atoms with E-state index in [1.165, 1.54) is 25.1 Å². The van der Waals surface area contributed by atoms with Gasteiger partial charge in [-0.2, -0.15) is 5.26 Å². The molecule has 2 rings (SSSR count). The number of nitrogens with one attached hydrogen (secondary N) is 1. The van der Waals surface area contributed by atoms with E-state index >= 15 is 0 Å². The number of hydrogen-bond donors (Lipinski definition) is 1. The van der Waals surface area contributed by atoms with Crippen molar-refractivity contribution in [2.45, 2.75) is 20.0 Å². The van der Waals surface area contributed by atoms with Crippen molar-refractivity contribution in [3.8, 4) is 6.07 Å². The maximum atomic E-state index is 12.1. The molecule has 0 aliphatic rings. The molecule has 25 heavy (non-hydrogen) atoms. The number of rotatable bonds is 5. The number of esters is 1. The van der Waals surface area contributed by atoms with Crippen molar-refractivity contribution in [2.24, 2.45) is 0 Å². The highest BCUT2D eigenvalue weighted by Crippen LogP contribution is 2.20. The number of aryl methyl sites for hydroxylation is 1. The molecule has 1 heterocycles. The maximum Gasteiger partial charge on any atom is 0.331 e. The van der Waals surface area contributed by atoms with Crippen LogP contribution in [0.1, 0.15) is 22.2 Å². The summed E-state index contributed by atoms with van der Waals surface area (Å²) in [7, 11) is 0. The Kier molecular flexibility index (Phi) is 6.34. The fraction of sp³-hybridized carbons (Fsp3) is 0.167. The number of nitriles is 1. The summed E-state index contributed by atoms with van der Waals surface area (Å²) >= 11 is 7.46. The first-order valence-corrected chi connectivity index (χ1v) is 8.54. The number of carbonyl (C=O) groups excluding carboxylic acids is 2. The first kappa shape index (κ1) is 18.7. The molecular weight excluding hydrogens is 360 g/mol. The van der Waals surface area contributed by atoms with E-state index in [2.05, 4.69) is 5.32 Å². The number of anilines is 1. The first-order valence-electron chi connectivity index (χ1n) is 7.34. The molecule has 2 aromatic rings. The van der Waals surface area contributed by atoms with E-state index in [9.17, 15) is 9.59 Å². The molecule has 0 bridgehead atoms. The summed E-state index contributed by atoms with van der Waals surface area (Å²) in [6.45, 7) is 3.45. The summed E-state index contributed by atoms with van der Waals surface area (Å²) in [6.07, 6.45) is 1.95. The number of halogens is 1. The molecule has 0 radical (unpaired) electrons. The van der Waals surface area contributed by atoms with Crippen LogP contribution in [-0.2, 0) is 14.3 Å². The van der Waals surface area contributed by atoms with Crippen LogP contribution in [0, 0.1) is 18.3 Å². The fourth-order valence-electron chi connectivity index (χ4n) is 1.89. The predicted molar refractivity (Wildman–Crippen MR) is 98.4 cm³/mol. The lowest BCUT2D eigenvalue weighted by atomic mass is 10.2. The molecule has 128 valence electrons. The Balaban J connectivity index is 1.91. The quantitative estimate of drug-likeness (QED) is 0.629. The Bertz CT molecular complexity index is 867. The van der Waals surface area contributed by atoms with Crippen LogP contribution in [0.15, 0.2) is 36.4 Å². The molecule has 0 aliphatic carbocycles. The van der Waals surface area contributed by atoms with Crippen LogP contribution in [0.5, 0.6) is 0 Å². The highest BCUT2D eigenvalue weighted by molar-refractivity contribution is 7.12. The third-order valence-electron chi connectivity index (χ3n) is 3.16. The largest absolute Gasteiger partial charge is 0.449 e. The Morgan fingerprint density at radius 1 is 1.36 bits per heavy atom. The van der Waals surface area contributed by atoms with E-state index in [0.717, 1.165) is 9.75 Å². The molecule has 7 heteroatoms. The second-order valence-electron chi connectivity index (χ2n) is 5.16. The average molecular weight is 375 g/mol. The van der Waals surface area contributed by atoms with Gasteiger partial charge in [0.2, 0.25) is 0 Å². The number of hydrogen-bond acceptors (Lipinski definition) is 5. The van der Waals surface area contributed by atoms with Gasteiger partial charge in [0.1, 0.15) is 6.07 Å². The summed E-state index contributed by atoms with van der Waals surface area (Å²) in [5.41, 5.74) is 0.731.